The Labute approximate surface area is 105 Å². The van der Waals surface area contributed by atoms with Crippen molar-refractivity contribution in [3.63, 3.8) is 0 Å². The fourth-order valence-electron chi connectivity index (χ4n) is 2.08. The number of nitrogens with zero attached hydrogens (tertiary/aromatic N) is 1. The van der Waals surface area contributed by atoms with Crippen LogP contribution in [0.3, 0.4) is 0 Å². The lowest BCUT2D eigenvalue weighted by Crippen LogP contribution is -2.50. The molecular weight excluding hydrogens is 240 g/mol. The minimum Gasteiger partial charge on any atom is -0.370 e. The van der Waals surface area contributed by atoms with Crippen LogP contribution < -0.4 is 5.73 Å². The van der Waals surface area contributed by atoms with Gasteiger partial charge in [0.15, 0.2) is 0 Å². The molecule has 1 fully saturated rings. The summed E-state index contributed by atoms with van der Waals surface area (Å²) in [4.78, 5) is 36.1. The molecule has 17 heavy (non-hydrogen) atoms. The maximum atomic E-state index is 12.1. The number of thioether (sulfide) groups is 1. The van der Waals surface area contributed by atoms with Crippen LogP contribution in [0, 0.1) is 0 Å². The van der Waals surface area contributed by atoms with Crippen molar-refractivity contribution in [2.45, 2.75) is 44.4 Å². The van der Waals surface area contributed by atoms with Crippen molar-refractivity contribution >= 4 is 29.5 Å². The lowest BCUT2D eigenvalue weighted by atomic mass is 9.98. The van der Waals surface area contributed by atoms with Crippen LogP contribution in [0.15, 0.2) is 0 Å². The topological polar surface area (TPSA) is 80.5 Å². The Balaban J connectivity index is 2.87. The summed E-state index contributed by atoms with van der Waals surface area (Å²) in [5, 5.41) is -0.306. The van der Waals surface area contributed by atoms with E-state index >= 15 is 0 Å². The Morgan fingerprint density at radius 1 is 1.53 bits per heavy atom. The molecule has 0 aliphatic carbocycles. The van der Waals surface area contributed by atoms with E-state index in [9.17, 15) is 14.4 Å². The number of imide groups is 1. The monoisotopic (exact) mass is 258 g/mol. The van der Waals surface area contributed by atoms with E-state index in [1.54, 1.807) is 13.8 Å². The van der Waals surface area contributed by atoms with E-state index in [0.29, 0.717) is 0 Å². The summed E-state index contributed by atoms with van der Waals surface area (Å²) in [7, 11) is 0. The van der Waals surface area contributed by atoms with Crippen LogP contribution in [0.25, 0.3) is 0 Å². The number of carbonyl (C=O) groups excluding carboxylic acids is 3. The van der Waals surface area contributed by atoms with Crippen LogP contribution in [0.1, 0.15) is 33.6 Å². The van der Waals surface area contributed by atoms with Gasteiger partial charge in [-0.1, -0.05) is 6.92 Å². The fraction of sp³-hybridized carbons (Fsp3) is 0.727. The molecule has 1 heterocycles. The summed E-state index contributed by atoms with van der Waals surface area (Å²) in [5.74, 6) is -0.143. The Bertz CT molecular complexity index is 355. The van der Waals surface area contributed by atoms with Gasteiger partial charge in [0.05, 0.1) is 10.8 Å². The lowest BCUT2D eigenvalue weighted by Gasteiger charge is -2.33. The van der Waals surface area contributed by atoms with Gasteiger partial charge in [0.2, 0.25) is 17.7 Å². The molecule has 3 amide bonds. The van der Waals surface area contributed by atoms with Gasteiger partial charge in [0.25, 0.3) is 0 Å². The number of hydrogen-bond acceptors (Lipinski definition) is 4. The van der Waals surface area contributed by atoms with Crippen LogP contribution in [-0.4, -0.2) is 39.2 Å². The van der Waals surface area contributed by atoms with E-state index in [-0.39, 0.29) is 29.9 Å². The highest BCUT2D eigenvalue weighted by atomic mass is 32.2. The van der Waals surface area contributed by atoms with Gasteiger partial charge in [-0.25, -0.2) is 0 Å². The highest BCUT2D eigenvalue weighted by Gasteiger charge is 2.46. The van der Waals surface area contributed by atoms with Gasteiger partial charge < -0.3 is 5.73 Å². The van der Waals surface area contributed by atoms with Gasteiger partial charge in [-0.05, 0) is 19.6 Å². The zero-order valence-corrected chi connectivity index (χ0v) is 11.2. The van der Waals surface area contributed by atoms with E-state index < -0.39 is 11.4 Å². The molecule has 5 nitrogen and oxygen atoms in total. The molecule has 1 saturated heterocycles. The minimum absolute atomic E-state index is 0.00596. The van der Waals surface area contributed by atoms with Gasteiger partial charge in [-0.2, -0.15) is 0 Å². The van der Waals surface area contributed by atoms with Crippen molar-refractivity contribution in [1.82, 2.24) is 4.90 Å². The standard InChI is InChI=1S/C11H18N2O3S/c1-4-17-7-5-9(15)13(10(7)16)11(2,3)6-8(12)14/h7H,4-6H2,1-3H3,(H2,12,14). The smallest absolute Gasteiger partial charge is 0.243 e. The first-order chi connectivity index (χ1) is 7.79. The van der Waals surface area contributed by atoms with E-state index in [2.05, 4.69) is 0 Å². The predicted octanol–water partition coefficient (Wildman–Crippen LogP) is 0.521. The summed E-state index contributed by atoms with van der Waals surface area (Å²) >= 11 is 1.46. The molecule has 96 valence electrons. The molecule has 0 aromatic rings. The summed E-state index contributed by atoms with van der Waals surface area (Å²) in [5.41, 5.74) is 4.31. The molecule has 0 radical (unpaired) electrons. The normalized spacial score (nSPS) is 21.1. The molecular formula is C11H18N2O3S. The number of likely N-dealkylation sites (tertiary alicyclic amines) is 1. The van der Waals surface area contributed by atoms with E-state index in [0.717, 1.165) is 5.75 Å². The molecule has 6 heteroatoms. The Kier molecular flexibility index (Phi) is 4.19. The molecule has 0 saturated carbocycles. The molecule has 1 aliphatic rings. The van der Waals surface area contributed by atoms with Gasteiger partial charge in [0, 0.05) is 12.8 Å². The van der Waals surface area contributed by atoms with Crippen molar-refractivity contribution in [3.8, 4) is 0 Å². The number of nitrogens with two attached hydrogens (primary N) is 1. The fourth-order valence-corrected chi connectivity index (χ4v) is 2.99. The van der Waals surface area contributed by atoms with Crippen molar-refractivity contribution < 1.29 is 14.4 Å². The maximum Gasteiger partial charge on any atom is 0.243 e. The second-order valence-corrected chi connectivity index (χ2v) is 6.15. The quantitative estimate of drug-likeness (QED) is 0.729. The number of hydrogen-bond donors (Lipinski definition) is 1. The number of carbonyl (C=O) groups is 3. The highest BCUT2D eigenvalue weighted by Crippen LogP contribution is 2.31. The second-order valence-electron chi connectivity index (χ2n) is 4.67. The third kappa shape index (κ3) is 3.00. The molecule has 1 unspecified atom stereocenters. The molecule has 1 aliphatic heterocycles. The van der Waals surface area contributed by atoms with Crippen LogP contribution in [-0.2, 0) is 14.4 Å². The molecule has 0 aromatic heterocycles. The largest absolute Gasteiger partial charge is 0.370 e. The zero-order chi connectivity index (χ0) is 13.2. The van der Waals surface area contributed by atoms with E-state index in [1.807, 2.05) is 6.92 Å². The summed E-state index contributed by atoms with van der Waals surface area (Å²) in [6.07, 6.45) is 0.216. The molecule has 0 aromatic carbocycles. The maximum absolute atomic E-state index is 12.1. The zero-order valence-electron chi connectivity index (χ0n) is 10.4. The van der Waals surface area contributed by atoms with Crippen LogP contribution in [0.2, 0.25) is 0 Å². The molecule has 1 atom stereocenters. The third-order valence-electron chi connectivity index (χ3n) is 2.69. The first-order valence-electron chi connectivity index (χ1n) is 5.56. The van der Waals surface area contributed by atoms with E-state index in [4.69, 9.17) is 5.73 Å². The first kappa shape index (κ1) is 14.0. The SMILES string of the molecule is CCSC1CC(=O)N(C(C)(C)CC(N)=O)C1=O. The second kappa shape index (κ2) is 5.08. The number of rotatable bonds is 5. The number of primary amides is 1. The van der Waals surface area contributed by atoms with E-state index in [1.165, 1.54) is 16.7 Å². The van der Waals surface area contributed by atoms with Gasteiger partial charge in [-0.3, -0.25) is 19.3 Å². The van der Waals surface area contributed by atoms with Crippen LogP contribution in [0.4, 0.5) is 0 Å². The van der Waals surface area contributed by atoms with Crippen molar-refractivity contribution in [2.75, 3.05) is 5.75 Å². The molecule has 1 rings (SSSR count). The molecule has 0 bridgehead atoms. The van der Waals surface area contributed by atoms with Crippen LogP contribution >= 0.6 is 11.8 Å². The molecule has 2 N–H and O–H groups in total. The van der Waals surface area contributed by atoms with Crippen molar-refractivity contribution in [2.24, 2.45) is 5.73 Å². The minimum atomic E-state index is -0.830. The summed E-state index contributed by atoms with van der Waals surface area (Å²) in [6, 6.07) is 0. The Hall–Kier alpha value is -1.04. The average molecular weight is 258 g/mol. The third-order valence-corrected chi connectivity index (χ3v) is 3.79. The first-order valence-corrected chi connectivity index (χ1v) is 6.61. The van der Waals surface area contributed by atoms with Crippen molar-refractivity contribution in [3.05, 3.63) is 0 Å². The molecule has 0 spiro atoms. The van der Waals surface area contributed by atoms with Crippen molar-refractivity contribution in [1.29, 1.82) is 0 Å². The Morgan fingerprint density at radius 3 is 2.59 bits per heavy atom. The van der Waals surface area contributed by atoms with Gasteiger partial charge in [-0.15, -0.1) is 11.8 Å². The predicted molar refractivity (Wildman–Crippen MR) is 66.3 cm³/mol. The van der Waals surface area contributed by atoms with Gasteiger partial charge >= 0.3 is 0 Å². The number of amides is 3. The summed E-state index contributed by atoms with van der Waals surface area (Å²) in [6.45, 7) is 5.32. The van der Waals surface area contributed by atoms with Crippen LogP contribution in [0.5, 0.6) is 0 Å². The summed E-state index contributed by atoms with van der Waals surface area (Å²) < 4.78 is 0. The Morgan fingerprint density at radius 2 is 2.12 bits per heavy atom. The van der Waals surface area contributed by atoms with Gasteiger partial charge in [0.1, 0.15) is 0 Å². The average Bonchev–Trinajstić information content (AvgIpc) is 2.40. The highest BCUT2D eigenvalue weighted by molar-refractivity contribution is 8.00. The lowest BCUT2D eigenvalue weighted by molar-refractivity contribution is -0.145.